The maximum atomic E-state index is 12.5. The zero-order chi connectivity index (χ0) is 15.4. The highest BCUT2D eigenvalue weighted by Gasteiger charge is 2.23. The van der Waals surface area contributed by atoms with Crippen molar-refractivity contribution in [1.29, 1.82) is 0 Å². The van der Waals surface area contributed by atoms with Crippen molar-refractivity contribution in [2.24, 2.45) is 7.05 Å². The fourth-order valence-electron chi connectivity index (χ4n) is 2.15. The molecule has 0 spiro atoms. The summed E-state index contributed by atoms with van der Waals surface area (Å²) < 4.78 is 3.07. The molecule has 0 bridgehead atoms. The number of aryl methyl sites for hydroxylation is 1. The minimum Gasteiger partial charge on any atom is -0.307 e. The summed E-state index contributed by atoms with van der Waals surface area (Å²) in [5, 5.41) is 18.0. The summed E-state index contributed by atoms with van der Waals surface area (Å²) in [7, 11) is 1.79. The third kappa shape index (κ3) is 3.17. The number of anilines is 1. The molecule has 3 rings (SSSR count). The van der Waals surface area contributed by atoms with Gasteiger partial charge in [-0.25, -0.2) is 4.68 Å². The zero-order valence-corrected chi connectivity index (χ0v) is 12.0. The Hall–Kier alpha value is -3.03. The summed E-state index contributed by atoms with van der Waals surface area (Å²) in [4.78, 5) is 12.5. The molecule has 1 amide bonds. The number of nitrogens with zero attached hydrogens (tertiary/aromatic N) is 6. The third-order valence-electron chi connectivity index (χ3n) is 3.22. The highest BCUT2D eigenvalue weighted by atomic mass is 16.2. The van der Waals surface area contributed by atoms with Crippen molar-refractivity contribution in [3.05, 3.63) is 54.5 Å². The second kappa shape index (κ2) is 6.17. The minimum atomic E-state index is -0.542. The lowest BCUT2D eigenvalue weighted by Crippen LogP contribution is -2.28. The quantitative estimate of drug-likeness (QED) is 0.753. The summed E-state index contributed by atoms with van der Waals surface area (Å²) in [6, 6.07) is 10.9. The Morgan fingerprint density at radius 1 is 1.27 bits per heavy atom. The van der Waals surface area contributed by atoms with Gasteiger partial charge < -0.3 is 5.32 Å². The van der Waals surface area contributed by atoms with E-state index in [0.29, 0.717) is 12.2 Å². The molecule has 1 unspecified atom stereocenters. The van der Waals surface area contributed by atoms with Gasteiger partial charge in [0, 0.05) is 25.7 Å². The number of nitrogens with one attached hydrogen (secondary N) is 1. The lowest BCUT2D eigenvalue weighted by Gasteiger charge is -2.15. The monoisotopic (exact) mass is 297 g/mol. The van der Waals surface area contributed by atoms with E-state index in [4.69, 9.17) is 0 Å². The van der Waals surface area contributed by atoms with Crippen LogP contribution in [0.5, 0.6) is 0 Å². The molecule has 8 nitrogen and oxygen atoms in total. The number of amides is 1. The van der Waals surface area contributed by atoms with Crippen LogP contribution in [0.25, 0.3) is 0 Å². The summed E-state index contributed by atoms with van der Waals surface area (Å²) in [6.07, 6.45) is 3.69. The van der Waals surface area contributed by atoms with E-state index in [2.05, 4.69) is 25.9 Å². The van der Waals surface area contributed by atoms with Crippen molar-refractivity contribution in [2.75, 3.05) is 5.32 Å². The van der Waals surface area contributed by atoms with E-state index in [1.165, 1.54) is 11.0 Å². The number of tetrazole rings is 1. The Labute approximate surface area is 126 Å². The maximum Gasteiger partial charge on any atom is 0.250 e. The van der Waals surface area contributed by atoms with Crippen molar-refractivity contribution in [2.45, 2.75) is 12.5 Å². The fourth-order valence-corrected chi connectivity index (χ4v) is 2.15. The Bertz CT molecular complexity index is 736. The lowest BCUT2D eigenvalue weighted by molar-refractivity contribution is -0.119. The van der Waals surface area contributed by atoms with Gasteiger partial charge in [-0.2, -0.15) is 5.10 Å². The summed E-state index contributed by atoms with van der Waals surface area (Å²) in [5.41, 5.74) is 1.03. The van der Waals surface area contributed by atoms with Crippen LogP contribution in [0.1, 0.15) is 11.6 Å². The maximum absolute atomic E-state index is 12.5. The van der Waals surface area contributed by atoms with E-state index in [-0.39, 0.29) is 5.91 Å². The number of aromatic nitrogens is 6. The second-order valence-electron chi connectivity index (χ2n) is 4.86. The molecule has 0 aliphatic rings. The molecule has 8 heteroatoms. The van der Waals surface area contributed by atoms with Crippen LogP contribution < -0.4 is 5.32 Å². The molecule has 2 heterocycles. The van der Waals surface area contributed by atoms with Crippen molar-refractivity contribution >= 4 is 11.7 Å². The van der Waals surface area contributed by atoms with Gasteiger partial charge in [0.05, 0.1) is 0 Å². The Kier molecular flexibility index (Phi) is 3.90. The van der Waals surface area contributed by atoms with Gasteiger partial charge in [-0.3, -0.25) is 9.48 Å². The van der Waals surface area contributed by atoms with Gasteiger partial charge in [0.1, 0.15) is 12.4 Å². The number of carbonyl (C=O) groups is 1. The number of carbonyl (C=O) groups excluding carboxylic acids is 1. The Balaban J connectivity index is 1.80. The van der Waals surface area contributed by atoms with Crippen LogP contribution in [-0.4, -0.2) is 35.9 Å². The Morgan fingerprint density at radius 2 is 2.09 bits per heavy atom. The van der Waals surface area contributed by atoms with E-state index < -0.39 is 6.04 Å². The molecule has 1 atom stereocenters. The first-order valence-corrected chi connectivity index (χ1v) is 6.79. The number of rotatable bonds is 5. The van der Waals surface area contributed by atoms with Gasteiger partial charge in [0.15, 0.2) is 5.82 Å². The van der Waals surface area contributed by atoms with Gasteiger partial charge >= 0.3 is 0 Å². The number of hydrogen-bond acceptors (Lipinski definition) is 5. The fraction of sp³-hybridized carbons (Fsp3) is 0.214. The smallest absolute Gasteiger partial charge is 0.250 e. The lowest BCUT2D eigenvalue weighted by atomic mass is 10.1. The molecule has 0 saturated carbocycles. The minimum absolute atomic E-state index is 0.213. The summed E-state index contributed by atoms with van der Waals surface area (Å²) in [6.45, 7) is 0. The predicted octanol–water partition coefficient (Wildman–Crippen LogP) is 0.829. The molecular weight excluding hydrogens is 282 g/mol. The first kappa shape index (κ1) is 13.9. The van der Waals surface area contributed by atoms with E-state index in [1.54, 1.807) is 24.0 Å². The average Bonchev–Trinajstić information content (AvgIpc) is 3.18. The van der Waals surface area contributed by atoms with E-state index in [1.807, 2.05) is 30.3 Å². The summed E-state index contributed by atoms with van der Waals surface area (Å²) in [5.74, 6) is 0.286. The zero-order valence-electron chi connectivity index (χ0n) is 12.0. The molecule has 0 radical (unpaired) electrons. The second-order valence-corrected chi connectivity index (χ2v) is 4.86. The van der Waals surface area contributed by atoms with Gasteiger partial charge in [-0.15, -0.1) is 5.10 Å². The standard InChI is InChI=1S/C14H15N7O/c1-20-8-7-13(17-20)16-14(22)12(21-10-15-18-19-21)9-11-5-3-2-4-6-11/h2-8,10,12H,9H2,1H3,(H,16,17,22). The first-order valence-electron chi connectivity index (χ1n) is 6.79. The third-order valence-corrected chi connectivity index (χ3v) is 3.22. The highest BCUT2D eigenvalue weighted by Crippen LogP contribution is 2.15. The topological polar surface area (TPSA) is 90.5 Å². The molecule has 0 aliphatic carbocycles. The van der Waals surface area contributed by atoms with Crippen molar-refractivity contribution < 1.29 is 4.79 Å². The van der Waals surface area contributed by atoms with E-state index >= 15 is 0 Å². The van der Waals surface area contributed by atoms with Crippen LogP contribution in [0.15, 0.2) is 48.9 Å². The molecule has 112 valence electrons. The molecule has 0 fully saturated rings. The van der Waals surface area contributed by atoms with Crippen molar-refractivity contribution in [1.82, 2.24) is 30.0 Å². The molecule has 1 aromatic carbocycles. The molecular formula is C14H15N7O. The van der Waals surface area contributed by atoms with Gasteiger partial charge in [0.2, 0.25) is 0 Å². The predicted molar refractivity (Wildman–Crippen MR) is 78.8 cm³/mol. The van der Waals surface area contributed by atoms with Gasteiger partial charge in [-0.05, 0) is 16.0 Å². The van der Waals surface area contributed by atoms with E-state index in [9.17, 15) is 4.79 Å². The van der Waals surface area contributed by atoms with Crippen LogP contribution in [-0.2, 0) is 18.3 Å². The first-order chi connectivity index (χ1) is 10.7. The van der Waals surface area contributed by atoms with Crippen LogP contribution in [0.4, 0.5) is 5.82 Å². The Morgan fingerprint density at radius 3 is 2.73 bits per heavy atom. The molecule has 2 aromatic heterocycles. The van der Waals surface area contributed by atoms with Crippen LogP contribution in [0.2, 0.25) is 0 Å². The van der Waals surface area contributed by atoms with Crippen LogP contribution in [0.3, 0.4) is 0 Å². The van der Waals surface area contributed by atoms with Gasteiger partial charge in [0.25, 0.3) is 5.91 Å². The van der Waals surface area contributed by atoms with Crippen LogP contribution >= 0.6 is 0 Å². The average molecular weight is 297 g/mol. The van der Waals surface area contributed by atoms with E-state index in [0.717, 1.165) is 5.56 Å². The van der Waals surface area contributed by atoms with Crippen molar-refractivity contribution in [3.63, 3.8) is 0 Å². The molecule has 0 saturated heterocycles. The normalized spacial score (nSPS) is 12.0. The van der Waals surface area contributed by atoms with Crippen LogP contribution in [0, 0.1) is 0 Å². The number of benzene rings is 1. The SMILES string of the molecule is Cn1ccc(NC(=O)C(Cc2ccccc2)n2cnnn2)n1. The molecule has 0 aliphatic heterocycles. The highest BCUT2D eigenvalue weighted by molar-refractivity contribution is 5.92. The molecule has 22 heavy (non-hydrogen) atoms. The largest absolute Gasteiger partial charge is 0.307 e. The number of hydrogen-bond donors (Lipinski definition) is 1. The van der Waals surface area contributed by atoms with Crippen molar-refractivity contribution in [3.8, 4) is 0 Å². The molecule has 3 aromatic rings. The summed E-state index contributed by atoms with van der Waals surface area (Å²) >= 11 is 0. The van der Waals surface area contributed by atoms with Gasteiger partial charge in [-0.1, -0.05) is 30.3 Å². The molecule has 1 N–H and O–H groups in total.